The zero-order valence-electron chi connectivity index (χ0n) is 8.47. The van der Waals surface area contributed by atoms with E-state index in [1.165, 1.54) is 4.90 Å². The SMILES string of the molecule is CN(C)C(=O)CNC(=O)C1(F)CCC1. The van der Waals surface area contributed by atoms with Crippen LogP contribution < -0.4 is 5.32 Å². The molecule has 4 nitrogen and oxygen atoms in total. The van der Waals surface area contributed by atoms with E-state index in [0.29, 0.717) is 0 Å². The Morgan fingerprint density at radius 2 is 2.00 bits per heavy atom. The van der Waals surface area contributed by atoms with Crippen molar-refractivity contribution in [3.63, 3.8) is 0 Å². The van der Waals surface area contributed by atoms with Gasteiger partial charge in [-0.1, -0.05) is 0 Å². The highest BCUT2D eigenvalue weighted by Gasteiger charge is 2.44. The van der Waals surface area contributed by atoms with Crippen LogP contribution in [-0.2, 0) is 9.59 Å². The highest BCUT2D eigenvalue weighted by atomic mass is 19.1. The summed E-state index contributed by atoms with van der Waals surface area (Å²) in [6, 6.07) is 0. The van der Waals surface area contributed by atoms with Crippen molar-refractivity contribution in [3.8, 4) is 0 Å². The molecule has 14 heavy (non-hydrogen) atoms. The Morgan fingerprint density at radius 1 is 1.43 bits per heavy atom. The molecule has 0 aromatic carbocycles. The lowest BCUT2D eigenvalue weighted by Crippen LogP contribution is -2.50. The van der Waals surface area contributed by atoms with Gasteiger partial charge in [0.15, 0.2) is 5.67 Å². The fraction of sp³-hybridized carbons (Fsp3) is 0.778. The second-order valence-electron chi connectivity index (χ2n) is 3.79. The van der Waals surface area contributed by atoms with E-state index in [9.17, 15) is 14.0 Å². The predicted molar refractivity (Wildman–Crippen MR) is 49.4 cm³/mol. The lowest BCUT2D eigenvalue weighted by atomic mass is 9.81. The Balaban J connectivity index is 2.31. The number of nitrogens with one attached hydrogen (secondary N) is 1. The molecule has 0 aliphatic heterocycles. The van der Waals surface area contributed by atoms with Crippen LogP contribution in [0.2, 0.25) is 0 Å². The van der Waals surface area contributed by atoms with E-state index in [2.05, 4.69) is 5.32 Å². The lowest BCUT2D eigenvalue weighted by molar-refractivity contribution is -0.140. The number of hydrogen-bond donors (Lipinski definition) is 1. The Kier molecular flexibility index (Phi) is 3.08. The van der Waals surface area contributed by atoms with Crippen LogP contribution >= 0.6 is 0 Å². The topological polar surface area (TPSA) is 49.4 Å². The molecule has 0 saturated heterocycles. The molecule has 0 aromatic rings. The zero-order valence-corrected chi connectivity index (χ0v) is 8.47. The first-order valence-corrected chi connectivity index (χ1v) is 4.63. The first-order valence-electron chi connectivity index (χ1n) is 4.63. The minimum absolute atomic E-state index is 0.127. The van der Waals surface area contributed by atoms with E-state index in [4.69, 9.17) is 0 Å². The number of carbonyl (C=O) groups is 2. The van der Waals surface area contributed by atoms with Gasteiger partial charge in [-0.15, -0.1) is 0 Å². The minimum Gasteiger partial charge on any atom is -0.347 e. The number of carbonyl (C=O) groups excluding carboxylic acids is 2. The number of alkyl halides is 1. The molecule has 80 valence electrons. The maximum Gasteiger partial charge on any atom is 0.258 e. The molecule has 0 unspecified atom stereocenters. The molecular formula is C9H15FN2O2. The van der Waals surface area contributed by atoms with Gasteiger partial charge in [0.05, 0.1) is 6.54 Å². The molecule has 1 rings (SSSR count). The van der Waals surface area contributed by atoms with Crippen molar-refractivity contribution in [2.24, 2.45) is 0 Å². The van der Waals surface area contributed by atoms with E-state index >= 15 is 0 Å². The van der Waals surface area contributed by atoms with Gasteiger partial charge in [-0.2, -0.15) is 0 Å². The average molecular weight is 202 g/mol. The number of halogens is 1. The van der Waals surface area contributed by atoms with Crippen LogP contribution in [0.1, 0.15) is 19.3 Å². The number of hydrogen-bond acceptors (Lipinski definition) is 2. The van der Waals surface area contributed by atoms with Crippen LogP contribution in [0.5, 0.6) is 0 Å². The van der Waals surface area contributed by atoms with Gasteiger partial charge in [0.1, 0.15) is 0 Å². The standard InChI is InChI=1S/C9H15FN2O2/c1-12(2)7(13)6-11-8(14)9(10)4-3-5-9/h3-6H2,1-2H3,(H,11,14). The second-order valence-corrected chi connectivity index (χ2v) is 3.79. The van der Waals surface area contributed by atoms with Crippen molar-refractivity contribution in [2.45, 2.75) is 24.9 Å². The highest BCUT2D eigenvalue weighted by molar-refractivity contribution is 5.89. The van der Waals surface area contributed by atoms with Crippen LogP contribution in [0.3, 0.4) is 0 Å². The van der Waals surface area contributed by atoms with Crippen LogP contribution in [0.4, 0.5) is 4.39 Å². The molecular weight excluding hydrogens is 187 g/mol. The fourth-order valence-corrected chi connectivity index (χ4v) is 1.19. The highest BCUT2D eigenvalue weighted by Crippen LogP contribution is 2.35. The third kappa shape index (κ3) is 2.21. The van der Waals surface area contributed by atoms with Crippen molar-refractivity contribution < 1.29 is 14.0 Å². The normalized spacial score (nSPS) is 18.2. The van der Waals surface area contributed by atoms with Gasteiger partial charge in [0.2, 0.25) is 5.91 Å². The molecule has 0 aromatic heterocycles. The molecule has 1 aliphatic carbocycles. The molecule has 0 atom stereocenters. The van der Waals surface area contributed by atoms with Gasteiger partial charge in [-0.05, 0) is 19.3 Å². The molecule has 0 heterocycles. The summed E-state index contributed by atoms with van der Waals surface area (Å²) in [5.41, 5.74) is -1.72. The molecule has 1 saturated carbocycles. The number of likely N-dealkylation sites (N-methyl/N-ethyl adjacent to an activating group) is 1. The van der Waals surface area contributed by atoms with Crippen molar-refractivity contribution >= 4 is 11.8 Å². The number of amides is 2. The monoisotopic (exact) mass is 202 g/mol. The quantitative estimate of drug-likeness (QED) is 0.704. The Morgan fingerprint density at radius 3 is 2.36 bits per heavy atom. The maximum atomic E-state index is 13.4. The third-order valence-electron chi connectivity index (χ3n) is 2.45. The lowest BCUT2D eigenvalue weighted by Gasteiger charge is -2.31. The molecule has 0 radical (unpaired) electrons. The van der Waals surface area contributed by atoms with E-state index in [0.717, 1.165) is 6.42 Å². The first kappa shape index (κ1) is 10.9. The predicted octanol–water partition coefficient (Wildman–Crippen LogP) is 0.0830. The van der Waals surface area contributed by atoms with Crippen molar-refractivity contribution in [2.75, 3.05) is 20.6 Å². The van der Waals surface area contributed by atoms with Crippen LogP contribution in [-0.4, -0.2) is 43.0 Å². The van der Waals surface area contributed by atoms with Crippen LogP contribution in [0.15, 0.2) is 0 Å². The smallest absolute Gasteiger partial charge is 0.258 e. The van der Waals surface area contributed by atoms with E-state index < -0.39 is 11.6 Å². The van der Waals surface area contributed by atoms with Crippen LogP contribution in [0.25, 0.3) is 0 Å². The average Bonchev–Trinajstić information content (AvgIpc) is 2.09. The largest absolute Gasteiger partial charge is 0.347 e. The zero-order chi connectivity index (χ0) is 10.8. The summed E-state index contributed by atoms with van der Waals surface area (Å²) >= 11 is 0. The van der Waals surface area contributed by atoms with Gasteiger partial charge in [0.25, 0.3) is 5.91 Å². The summed E-state index contributed by atoms with van der Waals surface area (Å²) in [7, 11) is 3.17. The Labute approximate surface area is 82.5 Å². The summed E-state index contributed by atoms with van der Waals surface area (Å²) in [4.78, 5) is 23.6. The summed E-state index contributed by atoms with van der Waals surface area (Å²) in [6.07, 6.45) is 1.29. The minimum atomic E-state index is -1.72. The van der Waals surface area contributed by atoms with Crippen molar-refractivity contribution in [1.29, 1.82) is 0 Å². The van der Waals surface area contributed by atoms with E-state index in [1.807, 2.05) is 0 Å². The second kappa shape index (κ2) is 3.94. The summed E-state index contributed by atoms with van der Waals surface area (Å²) in [5, 5.41) is 2.30. The van der Waals surface area contributed by atoms with Gasteiger partial charge in [0, 0.05) is 14.1 Å². The summed E-state index contributed by atoms with van der Waals surface area (Å²) in [6.45, 7) is -0.127. The summed E-state index contributed by atoms with van der Waals surface area (Å²) in [5.74, 6) is -0.889. The van der Waals surface area contributed by atoms with Gasteiger partial charge in [-0.25, -0.2) is 4.39 Å². The molecule has 0 spiro atoms. The van der Waals surface area contributed by atoms with E-state index in [-0.39, 0.29) is 25.3 Å². The van der Waals surface area contributed by atoms with Crippen molar-refractivity contribution in [3.05, 3.63) is 0 Å². The molecule has 5 heteroatoms. The molecule has 1 aliphatic rings. The maximum absolute atomic E-state index is 13.4. The molecule has 0 bridgehead atoms. The molecule has 1 N–H and O–H groups in total. The Bertz CT molecular complexity index is 249. The molecule has 1 fully saturated rings. The van der Waals surface area contributed by atoms with Gasteiger partial charge >= 0.3 is 0 Å². The van der Waals surface area contributed by atoms with Gasteiger partial charge < -0.3 is 10.2 Å². The van der Waals surface area contributed by atoms with E-state index in [1.54, 1.807) is 14.1 Å². The first-order chi connectivity index (χ1) is 6.46. The number of nitrogens with zero attached hydrogens (tertiary/aromatic N) is 1. The van der Waals surface area contributed by atoms with Crippen molar-refractivity contribution in [1.82, 2.24) is 10.2 Å². The van der Waals surface area contributed by atoms with Gasteiger partial charge in [-0.3, -0.25) is 9.59 Å². The fourth-order valence-electron chi connectivity index (χ4n) is 1.19. The Hall–Kier alpha value is -1.13. The third-order valence-corrected chi connectivity index (χ3v) is 2.45. The summed E-state index contributed by atoms with van der Waals surface area (Å²) < 4.78 is 13.4. The van der Waals surface area contributed by atoms with Crippen LogP contribution in [0, 0.1) is 0 Å². The molecule has 2 amide bonds. The number of rotatable bonds is 3.